The number of anilines is 1. The van der Waals surface area contributed by atoms with Gasteiger partial charge in [0.05, 0.1) is 5.02 Å². The first-order valence-electron chi connectivity index (χ1n) is 11.2. The molecule has 192 valence electrons. The van der Waals surface area contributed by atoms with E-state index in [9.17, 15) is 22.8 Å². The Morgan fingerprint density at radius 1 is 1.19 bits per heavy atom. The van der Waals surface area contributed by atoms with Gasteiger partial charge < -0.3 is 15.0 Å². The lowest BCUT2D eigenvalue weighted by molar-refractivity contribution is -0.274. The molecule has 0 saturated carbocycles. The van der Waals surface area contributed by atoms with Crippen LogP contribution < -0.4 is 15.6 Å². The Morgan fingerprint density at radius 3 is 2.67 bits per heavy atom. The van der Waals surface area contributed by atoms with E-state index in [0.29, 0.717) is 24.2 Å². The number of likely N-dealkylation sites (tertiary alicyclic amines) is 1. The summed E-state index contributed by atoms with van der Waals surface area (Å²) in [6, 6.07) is 9.50. The van der Waals surface area contributed by atoms with Gasteiger partial charge in [-0.15, -0.1) is 23.8 Å². The third-order valence-corrected chi connectivity index (χ3v) is 6.02. The molecular weight excluding hydrogens is 501 g/mol. The highest BCUT2D eigenvalue weighted by atomic mass is 35.5. The van der Waals surface area contributed by atoms with Crippen LogP contribution in [0.5, 0.6) is 5.75 Å². The second-order valence-electron chi connectivity index (χ2n) is 8.31. The van der Waals surface area contributed by atoms with Crippen LogP contribution in [0.25, 0.3) is 11.1 Å². The van der Waals surface area contributed by atoms with Crippen LogP contribution in [-0.4, -0.2) is 65.7 Å². The minimum absolute atomic E-state index is 0.0115. The van der Waals surface area contributed by atoms with Crippen molar-refractivity contribution < 1.29 is 27.5 Å². The number of hydrazine groups is 2. The van der Waals surface area contributed by atoms with Gasteiger partial charge in [-0.25, -0.2) is 5.12 Å². The maximum Gasteiger partial charge on any atom is 0.573 e. The number of carbonyl (C=O) groups excluding carboxylic acids is 2. The molecular formula is C23H24ClF3N6O3. The van der Waals surface area contributed by atoms with Crippen LogP contribution in [-0.2, 0) is 9.59 Å². The normalized spacial score (nSPS) is 17.9. The molecule has 9 nitrogen and oxygen atoms in total. The highest BCUT2D eigenvalue weighted by molar-refractivity contribution is 6.33. The van der Waals surface area contributed by atoms with Crippen LogP contribution in [0.2, 0.25) is 5.02 Å². The van der Waals surface area contributed by atoms with Crippen molar-refractivity contribution in [3.63, 3.8) is 0 Å². The topological polar surface area (TPSA) is 89.5 Å². The first kappa shape index (κ1) is 25.6. The molecule has 1 saturated heterocycles. The summed E-state index contributed by atoms with van der Waals surface area (Å²) in [5.74, 6) is -0.977. The Morgan fingerprint density at radius 2 is 1.97 bits per heavy atom. The first-order chi connectivity index (χ1) is 17.1. The fraction of sp³-hybridized carbons (Fsp3) is 0.348. The lowest BCUT2D eigenvalue weighted by atomic mass is 10.0. The number of nitrogens with one attached hydrogen (secondary N) is 2. The van der Waals surface area contributed by atoms with Gasteiger partial charge in [-0.3, -0.25) is 14.6 Å². The summed E-state index contributed by atoms with van der Waals surface area (Å²) in [6.07, 6.45) is -1.28. The lowest BCUT2D eigenvalue weighted by Crippen LogP contribution is -2.54. The number of alkyl halides is 3. The van der Waals surface area contributed by atoms with Crippen LogP contribution in [0.3, 0.4) is 0 Å². The number of ether oxygens (including phenoxy) is 1. The van der Waals surface area contributed by atoms with Gasteiger partial charge in [0.2, 0.25) is 11.8 Å². The van der Waals surface area contributed by atoms with Crippen molar-refractivity contribution in [2.45, 2.75) is 31.7 Å². The average molecular weight is 525 g/mol. The summed E-state index contributed by atoms with van der Waals surface area (Å²) in [5, 5.41) is 9.86. The molecule has 0 radical (unpaired) electrons. The molecule has 1 fully saturated rings. The Kier molecular flexibility index (Phi) is 7.55. The van der Waals surface area contributed by atoms with Crippen LogP contribution in [0, 0.1) is 0 Å². The largest absolute Gasteiger partial charge is 0.573 e. The molecule has 36 heavy (non-hydrogen) atoms. The summed E-state index contributed by atoms with van der Waals surface area (Å²) in [4.78, 5) is 27.5. The number of hydrogen-bond acceptors (Lipinski definition) is 7. The number of hydrazone groups is 1. The van der Waals surface area contributed by atoms with Gasteiger partial charge in [-0.2, -0.15) is 0 Å². The number of halogens is 4. The van der Waals surface area contributed by atoms with Gasteiger partial charge in [-0.1, -0.05) is 35.9 Å². The zero-order valence-corrected chi connectivity index (χ0v) is 20.0. The van der Waals surface area contributed by atoms with Crippen LogP contribution in [0.4, 0.5) is 18.9 Å². The Hall–Kier alpha value is -3.51. The van der Waals surface area contributed by atoms with Gasteiger partial charge in [-0.05, 0) is 37.5 Å². The van der Waals surface area contributed by atoms with Crippen LogP contribution >= 0.6 is 11.6 Å². The summed E-state index contributed by atoms with van der Waals surface area (Å²) >= 11 is 6.38. The smallest absolute Gasteiger partial charge is 0.405 e. The number of benzene rings is 2. The minimum Gasteiger partial charge on any atom is -0.405 e. The molecule has 0 aromatic heterocycles. The lowest BCUT2D eigenvalue weighted by Gasteiger charge is -2.35. The molecule has 2 amide bonds. The molecule has 0 aliphatic carbocycles. The second-order valence-corrected chi connectivity index (χ2v) is 8.72. The number of rotatable bonds is 6. The second kappa shape index (κ2) is 10.6. The quantitative estimate of drug-likeness (QED) is 0.597. The summed E-state index contributed by atoms with van der Waals surface area (Å²) in [7, 11) is 1.69. The van der Waals surface area contributed by atoms with Gasteiger partial charge in [0.25, 0.3) is 0 Å². The SMILES string of the molecule is CN1N=CN(CC(=O)N2CCCCC2C(=O)Nc2ccc(-c3ccccc3OC(F)(F)F)c(Cl)c2)N1. The van der Waals surface area contributed by atoms with Crippen LogP contribution in [0.1, 0.15) is 19.3 Å². The molecule has 4 rings (SSSR count). The summed E-state index contributed by atoms with van der Waals surface area (Å²) in [6.45, 7) is 0.463. The maximum atomic E-state index is 13.1. The molecule has 2 aromatic carbocycles. The number of nitrogens with zero attached hydrogens (tertiary/aromatic N) is 4. The molecule has 1 unspecified atom stereocenters. The van der Waals surface area contributed by atoms with Crippen molar-refractivity contribution in [1.29, 1.82) is 0 Å². The highest BCUT2D eigenvalue weighted by Crippen LogP contribution is 2.38. The molecule has 0 spiro atoms. The van der Waals surface area contributed by atoms with E-state index in [1.807, 2.05) is 0 Å². The Labute approximate surface area is 210 Å². The predicted octanol–water partition coefficient (Wildman–Crippen LogP) is 3.84. The molecule has 13 heteroatoms. The van der Waals surface area contributed by atoms with E-state index in [-0.39, 0.29) is 34.7 Å². The standard InChI is InChI=1S/C23H24ClF3N6O3/c1-31-28-14-32(30-31)13-21(34)33-11-5-4-7-19(33)22(35)29-15-9-10-16(18(24)12-15)17-6-2-3-8-20(17)36-23(25,26)27/h2-3,6,8-10,12,14,19,30H,4-5,7,11,13H2,1H3,(H,29,35). The molecule has 2 aliphatic heterocycles. The van der Waals surface area contributed by atoms with E-state index >= 15 is 0 Å². The monoisotopic (exact) mass is 524 g/mol. The molecule has 2 heterocycles. The fourth-order valence-electron chi connectivity index (χ4n) is 4.13. The third kappa shape index (κ3) is 6.18. The number of carbonyl (C=O) groups is 2. The minimum atomic E-state index is -4.85. The van der Waals surface area contributed by atoms with Crippen molar-refractivity contribution in [1.82, 2.24) is 20.6 Å². The first-order valence-corrected chi connectivity index (χ1v) is 11.5. The summed E-state index contributed by atoms with van der Waals surface area (Å²) < 4.78 is 42.5. The van der Waals surface area contributed by atoms with Gasteiger partial charge >= 0.3 is 6.36 Å². The Bertz CT molecular complexity index is 1160. The maximum absolute atomic E-state index is 13.1. The Balaban J connectivity index is 1.47. The molecule has 1 atom stereocenters. The number of hydrogen-bond donors (Lipinski definition) is 2. The molecule has 0 bridgehead atoms. The third-order valence-electron chi connectivity index (χ3n) is 5.71. The zero-order valence-electron chi connectivity index (χ0n) is 19.3. The van der Waals surface area contributed by atoms with Gasteiger partial charge in [0.1, 0.15) is 24.7 Å². The van der Waals surface area contributed by atoms with E-state index in [4.69, 9.17) is 11.6 Å². The van der Waals surface area contributed by atoms with Crippen molar-refractivity contribution >= 4 is 35.4 Å². The molecule has 2 N–H and O–H groups in total. The van der Waals surface area contributed by atoms with Crippen molar-refractivity contribution in [2.24, 2.45) is 5.10 Å². The van der Waals surface area contributed by atoms with Gasteiger partial charge in [0, 0.05) is 30.4 Å². The summed E-state index contributed by atoms with van der Waals surface area (Å²) in [5.41, 5.74) is 3.69. The predicted molar refractivity (Wildman–Crippen MR) is 128 cm³/mol. The average Bonchev–Trinajstić information content (AvgIpc) is 3.23. The van der Waals surface area contributed by atoms with Gasteiger partial charge in [0.15, 0.2) is 0 Å². The highest BCUT2D eigenvalue weighted by Gasteiger charge is 2.34. The number of para-hydroxylation sites is 1. The van der Waals surface area contributed by atoms with E-state index < -0.39 is 12.4 Å². The van der Waals surface area contributed by atoms with E-state index in [1.165, 1.54) is 46.8 Å². The van der Waals surface area contributed by atoms with E-state index in [2.05, 4.69) is 20.7 Å². The molecule has 2 aliphatic rings. The molecule has 2 aromatic rings. The van der Waals surface area contributed by atoms with E-state index in [0.717, 1.165) is 12.8 Å². The van der Waals surface area contributed by atoms with Crippen molar-refractivity contribution in [2.75, 3.05) is 25.5 Å². The number of amides is 2. The van der Waals surface area contributed by atoms with Crippen LogP contribution in [0.15, 0.2) is 47.6 Å². The number of piperidine rings is 1. The van der Waals surface area contributed by atoms with E-state index in [1.54, 1.807) is 24.1 Å². The van der Waals surface area contributed by atoms with Crippen molar-refractivity contribution in [3.8, 4) is 16.9 Å². The fourth-order valence-corrected chi connectivity index (χ4v) is 4.41. The zero-order chi connectivity index (χ0) is 25.9. The van der Waals surface area contributed by atoms with Crippen molar-refractivity contribution in [3.05, 3.63) is 47.5 Å².